The zero-order valence-electron chi connectivity index (χ0n) is 10.7. The summed E-state index contributed by atoms with van der Waals surface area (Å²) in [7, 11) is 0. The lowest BCUT2D eigenvalue weighted by atomic mass is 10.1. The number of rotatable bonds is 3. The van der Waals surface area contributed by atoms with Crippen LogP contribution in [0.2, 0.25) is 0 Å². The van der Waals surface area contributed by atoms with Crippen molar-refractivity contribution in [2.24, 2.45) is 0 Å². The highest BCUT2D eigenvalue weighted by Gasteiger charge is 2.16. The van der Waals surface area contributed by atoms with Crippen LogP contribution < -0.4 is 5.32 Å². The number of nitrogens with one attached hydrogen (secondary N) is 1. The lowest BCUT2D eigenvalue weighted by Crippen LogP contribution is -2.14. The number of thiophene rings is 1. The monoisotopic (exact) mass is 298 g/mol. The van der Waals surface area contributed by atoms with Gasteiger partial charge in [-0.1, -0.05) is 18.2 Å². The van der Waals surface area contributed by atoms with Crippen LogP contribution >= 0.6 is 11.3 Å². The second kappa shape index (κ2) is 5.34. The third-order valence-corrected chi connectivity index (χ3v) is 3.90. The Morgan fingerprint density at radius 1 is 1.14 bits per heavy atom. The Kier molecular flexibility index (Phi) is 3.37. The van der Waals surface area contributed by atoms with E-state index < -0.39 is 5.97 Å². The van der Waals surface area contributed by atoms with Crippen molar-refractivity contribution < 1.29 is 14.7 Å². The van der Waals surface area contributed by atoms with Crippen LogP contribution in [0.4, 0.5) is 5.69 Å². The Morgan fingerprint density at radius 3 is 2.76 bits per heavy atom. The molecule has 21 heavy (non-hydrogen) atoms. The van der Waals surface area contributed by atoms with Crippen molar-refractivity contribution in [3.8, 4) is 0 Å². The first kappa shape index (κ1) is 13.3. The van der Waals surface area contributed by atoms with Gasteiger partial charge in [0.1, 0.15) is 4.88 Å². The number of carbonyl (C=O) groups is 2. The second-order valence-corrected chi connectivity index (χ2v) is 5.21. The molecule has 0 bridgehead atoms. The van der Waals surface area contributed by atoms with Gasteiger partial charge in [-0.25, -0.2) is 4.79 Å². The summed E-state index contributed by atoms with van der Waals surface area (Å²) < 4.78 is 0. The highest BCUT2D eigenvalue weighted by atomic mass is 32.1. The lowest BCUT2D eigenvalue weighted by molar-refractivity contribution is 0.0703. The fraction of sp³-hybridized carbons (Fsp3) is 0. The number of carbonyl (C=O) groups excluding carboxylic acids is 1. The first-order chi connectivity index (χ1) is 10.2. The zero-order valence-corrected chi connectivity index (χ0v) is 11.6. The van der Waals surface area contributed by atoms with E-state index >= 15 is 0 Å². The predicted molar refractivity (Wildman–Crippen MR) is 81.0 cm³/mol. The third kappa shape index (κ3) is 2.48. The number of aromatic nitrogens is 1. The molecule has 3 rings (SSSR count). The Hall–Kier alpha value is -2.73. The highest BCUT2D eigenvalue weighted by molar-refractivity contribution is 7.12. The lowest BCUT2D eigenvalue weighted by Gasteiger charge is -2.07. The van der Waals surface area contributed by atoms with Gasteiger partial charge in [-0.15, -0.1) is 11.3 Å². The molecule has 0 aliphatic heterocycles. The molecule has 0 aliphatic rings. The molecule has 0 atom stereocenters. The maximum Gasteiger partial charge on any atom is 0.348 e. The number of para-hydroxylation sites is 1. The van der Waals surface area contributed by atoms with Crippen molar-refractivity contribution in [2.45, 2.75) is 0 Å². The molecule has 2 aromatic heterocycles. The predicted octanol–water partition coefficient (Wildman–Crippen LogP) is 3.25. The number of hydrogen-bond donors (Lipinski definition) is 2. The van der Waals surface area contributed by atoms with Crippen LogP contribution in [0.3, 0.4) is 0 Å². The molecule has 0 fully saturated rings. The number of anilines is 1. The first-order valence-electron chi connectivity index (χ1n) is 6.12. The number of benzene rings is 1. The maximum atomic E-state index is 12.4. The minimum Gasteiger partial charge on any atom is -0.477 e. The van der Waals surface area contributed by atoms with E-state index in [1.54, 1.807) is 23.7 Å². The van der Waals surface area contributed by atoms with Gasteiger partial charge in [-0.05, 0) is 23.6 Å². The van der Waals surface area contributed by atoms with E-state index in [2.05, 4.69) is 10.3 Å². The smallest absolute Gasteiger partial charge is 0.348 e. The number of carboxylic acids is 1. The van der Waals surface area contributed by atoms with Crippen LogP contribution in [-0.4, -0.2) is 22.0 Å². The fourth-order valence-corrected chi connectivity index (χ4v) is 2.74. The quantitative estimate of drug-likeness (QED) is 0.778. The molecule has 0 unspecified atom stereocenters. The Balaban J connectivity index is 1.98. The number of carboxylic acid groups (broad SMARTS) is 1. The van der Waals surface area contributed by atoms with Gasteiger partial charge in [-0.2, -0.15) is 0 Å². The van der Waals surface area contributed by atoms with Crippen molar-refractivity contribution in [2.75, 3.05) is 5.32 Å². The van der Waals surface area contributed by atoms with Crippen LogP contribution in [0.25, 0.3) is 10.9 Å². The number of hydrogen-bond acceptors (Lipinski definition) is 4. The van der Waals surface area contributed by atoms with Gasteiger partial charge in [0.05, 0.1) is 16.8 Å². The van der Waals surface area contributed by atoms with Gasteiger partial charge in [0.25, 0.3) is 5.91 Å². The van der Waals surface area contributed by atoms with Crippen molar-refractivity contribution >= 4 is 39.8 Å². The van der Waals surface area contributed by atoms with Gasteiger partial charge in [0, 0.05) is 11.6 Å². The van der Waals surface area contributed by atoms with Gasteiger partial charge < -0.3 is 10.4 Å². The molecule has 5 nitrogen and oxygen atoms in total. The minimum absolute atomic E-state index is 0.113. The Labute approximate surface area is 123 Å². The summed E-state index contributed by atoms with van der Waals surface area (Å²) in [6.07, 6.45) is 1.56. The zero-order chi connectivity index (χ0) is 14.8. The molecule has 0 aliphatic carbocycles. The SMILES string of the molecule is O=C(O)c1sccc1NC(=O)c1ccnc2ccccc12. The third-order valence-electron chi connectivity index (χ3n) is 3.00. The number of nitrogens with zero attached hydrogens (tertiary/aromatic N) is 1. The maximum absolute atomic E-state index is 12.4. The van der Waals surface area contributed by atoms with Gasteiger partial charge >= 0.3 is 5.97 Å². The molecule has 0 radical (unpaired) electrons. The average molecular weight is 298 g/mol. The number of amides is 1. The van der Waals surface area contributed by atoms with Gasteiger partial charge in [-0.3, -0.25) is 9.78 Å². The van der Waals surface area contributed by atoms with Crippen LogP contribution in [-0.2, 0) is 0 Å². The van der Waals surface area contributed by atoms with E-state index in [4.69, 9.17) is 5.11 Å². The van der Waals surface area contributed by atoms with Crippen LogP contribution in [0.15, 0.2) is 48.0 Å². The van der Waals surface area contributed by atoms with Crippen molar-refractivity contribution in [3.63, 3.8) is 0 Å². The van der Waals surface area contributed by atoms with E-state index in [1.165, 1.54) is 0 Å². The summed E-state index contributed by atoms with van der Waals surface area (Å²) in [6.45, 7) is 0. The largest absolute Gasteiger partial charge is 0.477 e. The molecule has 2 heterocycles. The summed E-state index contributed by atoms with van der Waals surface area (Å²) in [5.41, 5.74) is 1.48. The Bertz CT molecular complexity index is 836. The number of pyridine rings is 1. The topological polar surface area (TPSA) is 79.3 Å². The summed E-state index contributed by atoms with van der Waals surface area (Å²) >= 11 is 1.07. The summed E-state index contributed by atoms with van der Waals surface area (Å²) in [5.74, 6) is -1.41. The van der Waals surface area contributed by atoms with Crippen molar-refractivity contribution in [1.82, 2.24) is 4.98 Å². The first-order valence-corrected chi connectivity index (χ1v) is 7.00. The number of aromatic carboxylic acids is 1. The van der Waals surface area contributed by atoms with Crippen LogP contribution in [0.5, 0.6) is 0 Å². The number of fused-ring (bicyclic) bond motifs is 1. The average Bonchev–Trinajstić information content (AvgIpc) is 2.95. The van der Waals surface area contributed by atoms with E-state index in [1.807, 2.05) is 24.3 Å². The van der Waals surface area contributed by atoms with E-state index in [9.17, 15) is 9.59 Å². The van der Waals surface area contributed by atoms with Gasteiger partial charge in [0.15, 0.2) is 0 Å². The fourth-order valence-electron chi connectivity index (χ4n) is 2.06. The molecule has 6 heteroatoms. The van der Waals surface area contributed by atoms with Crippen LogP contribution in [0, 0.1) is 0 Å². The summed E-state index contributed by atoms with van der Waals surface area (Å²) in [6, 6.07) is 10.5. The molecule has 2 N–H and O–H groups in total. The molecule has 1 amide bonds. The second-order valence-electron chi connectivity index (χ2n) is 4.30. The minimum atomic E-state index is -1.06. The summed E-state index contributed by atoms with van der Waals surface area (Å²) in [4.78, 5) is 27.7. The Morgan fingerprint density at radius 2 is 1.95 bits per heavy atom. The van der Waals surface area contributed by atoms with Gasteiger partial charge in [0.2, 0.25) is 0 Å². The molecule has 1 aromatic carbocycles. The van der Waals surface area contributed by atoms with E-state index in [0.29, 0.717) is 16.8 Å². The van der Waals surface area contributed by atoms with E-state index in [0.717, 1.165) is 16.7 Å². The molecule has 0 saturated heterocycles. The molecule has 104 valence electrons. The molecule has 3 aromatic rings. The molecular weight excluding hydrogens is 288 g/mol. The normalized spacial score (nSPS) is 10.5. The molecule has 0 spiro atoms. The molecule has 0 saturated carbocycles. The van der Waals surface area contributed by atoms with Crippen molar-refractivity contribution in [1.29, 1.82) is 0 Å². The van der Waals surface area contributed by atoms with E-state index in [-0.39, 0.29) is 10.8 Å². The standard InChI is InChI=1S/C15H10N2O3S/c18-14(17-12-6-8-21-13(12)15(19)20)10-5-7-16-11-4-2-1-3-9(10)11/h1-8H,(H,17,18)(H,19,20). The highest BCUT2D eigenvalue weighted by Crippen LogP contribution is 2.24. The van der Waals surface area contributed by atoms with Crippen molar-refractivity contribution in [3.05, 3.63) is 58.4 Å². The van der Waals surface area contributed by atoms with Crippen LogP contribution in [0.1, 0.15) is 20.0 Å². The molecular formula is C15H10N2O3S. The summed E-state index contributed by atoms with van der Waals surface area (Å²) in [5, 5.41) is 14.1.